The van der Waals surface area contributed by atoms with Crippen LogP contribution in [0.15, 0.2) is 23.5 Å². The number of fused-ring (bicyclic) bond motifs is 1. The third-order valence-corrected chi connectivity index (χ3v) is 8.92. The monoisotopic (exact) mass is 636 g/mol. The fourth-order valence-corrected chi connectivity index (χ4v) is 6.06. The number of aliphatic imine (C=N–C) groups is 1. The van der Waals surface area contributed by atoms with Crippen LogP contribution in [0, 0.1) is 11.8 Å². The van der Waals surface area contributed by atoms with E-state index in [9.17, 15) is 22.8 Å². The molecule has 2 aromatic rings. The summed E-state index contributed by atoms with van der Waals surface area (Å²) in [6.07, 6.45) is 0.285. The number of ether oxygens (including phenoxy) is 2. The Hall–Kier alpha value is -3.46. The molecule has 2 amide bonds. The topological polar surface area (TPSA) is 137 Å². The summed E-state index contributed by atoms with van der Waals surface area (Å²) in [6, 6.07) is 0.681. The van der Waals surface area contributed by atoms with Gasteiger partial charge in [0.05, 0.1) is 30.5 Å². The van der Waals surface area contributed by atoms with E-state index in [2.05, 4.69) is 35.0 Å². The van der Waals surface area contributed by atoms with E-state index in [1.807, 2.05) is 6.92 Å². The van der Waals surface area contributed by atoms with Crippen molar-refractivity contribution in [3.05, 3.63) is 29.8 Å². The SMILES string of the molecule is CCC(C)CCCC(NC(=O)c1ccnn1CC)c1cn2c(n1)N=C(C1CCOCC1)C(CC1OC(C(F)(F)F)CNC1=O)N2. The summed E-state index contributed by atoms with van der Waals surface area (Å²) in [5.41, 5.74) is 5.11. The zero-order chi connectivity index (χ0) is 32.1. The summed E-state index contributed by atoms with van der Waals surface area (Å²) < 4.78 is 54.5. The fourth-order valence-electron chi connectivity index (χ4n) is 6.06. The molecule has 2 saturated heterocycles. The van der Waals surface area contributed by atoms with Gasteiger partial charge in [-0.1, -0.05) is 33.1 Å². The van der Waals surface area contributed by atoms with Crippen LogP contribution in [0.3, 0.4) is 0 Å². The Bertz CT molecular complexity index is 1350. The summed E-state index contributed by atoms with van der Waals surface area (Å²) in [6.45, 7) is 7.27. The summed E-state index contributed by atoms with van der Waals surface area (Å²) in [5, 5.41) is 9.70. The molecule has 2 aromatic heterocycles. The third kappa shape index (κ3) is 7.86. The Kier molecular flexibility index (Phi) is 10.5. The summed E-state index contributed by atoms with van der Waals surface area (Å²) in [5.74, 6) is 0.0745. The number of hydrogen-bond donors (Lipinski definition) is 3. The number of halogens is 3. The van der Waals surface area contributed by atoms with Gasteiger partial charge in [0.15, 0.2) is 6.10 Å². The number of nitrogens with zero attached hydrogens (tertiary/aromatic N) is 5. The predicted molar refractivity (Wildman–Crippen MR) is 160 cm³/mol. The number of rotatable bonds is 12. The van der Waals surface area contributed by atoms with E-state index >= 15 is 0 Å². The van der Waals surface area contributed by atoms with Gasteiger partial charge in [-0.15, -0.1) is 0 Å². The maximum atomic E-state index is 13.5. The first-order chi connectivity index (χ1) is 21.6. The highest BCUT2D eigenvalue weighted by Crippen LogP contribution is 2.32. The van der Waals surface area contributed by atoms with E-state index in [4.69, 9.17) is 19.5 Å². The van der Waals surface area contributed by atoms with Gasteiger partial charge in [0.25, 0.3) is 5.91 Å². The lowest BCUT2D eigenvalue weighted by molar-refractivity contribution is -0.238. The predicted octanol–water partition coefficient (Wildman–Crippen LogP) is 4.05. The van der Waals surface area contributed by atoms with Crippen molar-refractivity contribution >= 4 is 23.5 Å². The summed E-state index contributed by atoms with van der Waals surface area (Å²) >= 11 is 0. The van der Waals surface area contributed by atoms with Crippen molar-refractivity contribution in [3.8, 4) is 0 Å². The number of aromatic nitrogens is 4. The molecule has 5 heterocycles. The molecule has 3 aliphatic heterocycles. The molecule has 5 unspecified atom stereocenters. The Morgan fingerprint density at radius 3 is 2.71 bits per heavy atom. The van der Waals surface area contributed by atoms with Crippen LogP contribution in [0.4, 0.5) is 19.1 Å². The Morgan fingerprint density at radius 2 is 2.00 bits per heavy atom. The van der Waals surface area contributed by atoms with Gasteiger partial charge in [-0.3, -0.25) is 14.3 Å². The molecule has 2 fully saturated rings. The lowest BCUT2D eigenvalue weighted by Crippen LogP contribution is -2.56. The van der Waals surface area contributed by atoms with Gasteiger partial charge >= 0.3 is 6.18 Å². The molecule has 0 spiro atoms. The number of hydrogen-bond acceptors (Lipinski definition) is 8. The molecular formula is C30H43F3N8O4. The fraction of sp³-hybridized carbons (Fsp3) is 0.700. The van der Waals surface area contributed by atoms with Crippen LogP contribution < -0.4 is 16.1 Å². The van der Waals surface area contributed by atoms with Crippen molar-refractivity contribution in [2.24, 2.45) is 16.8 Å². The molecule has 15 heteroatoms. The van der Waals surface area contributed by atoms with Crippen LogP contribution in [0.2, 0.25) is 0 Å². The van der Waals surface area contributed by atoms with E-state index in [1.165, 1.54) is 0 Å². The van der Waals surface area contributed by atoms with Gasteiger partial charge in [0, 0.05) is 44.0 Å². The van der Waals surface area contributed by atoms with Crippen molar-refractivity contribution < 1.29 is 32.2 Å². The van der Waals surface area contributed by atoms with Crippen molar-refractivity contribution in [3.63, 3.8) is 0 Å². The van der Waals surface area contributed by atoms with E-state index in [0.29, 0.717) is 68.0 Å². The molecule has 0 aromatic carbocycles. The summed E-state index contributed by atoms with van der Waals surface area (Å²) in [7, 11) is 0. The lowest BCUT2D eigenvalue weighted by atomic mass is 9.87. The van der Waals surface area contributed by atoms with Gasteiger partial charge in [0.1, 0.15) is 11.8 Å². The molecule has 0 saturated carbocycles. The number of morpholine rings is 1. The van der Waals surface area contributed by atoms with Crippen LogP contribution >= 0.6 is 0 Å². The first kappa shape index (κ1) is 32.9. The molecule has 12 nitrogen and oxygen atoms in total. The number of aryl methyl sites for hydroxylation is 1. The van der Waals surface area contributed by atoms with Gasteiger partial charge in [-0.05, 0) is 38.2 Å². The number of amides is 2. The van der Waals surface area contributed by atoms with Crippen LogP contribution in [0.25, 0.3) is 0 Å². The average molecular weight is 637 g/mol. The average Bonchev–Trinajstić information content (AvgIpc) is 3.68. The second kappa shape index (κ2) is 14.3. The highest BCUT2D eigenvalue weighted by atomic mass is 19.4. The molecule has 45 heavy (non-hydrogen) atoms. The Balaban J connectivity index is 1.40. The maximum Gasteiger partial charge on any atom is 0.416 e. The molecule has 0 radical (unpaired) electrons. The first-order valence-electron chi connectivity index (χ1n) is 15.9. The molecule has 0 aliphatic carbocycles. The maximum absolute atomic E-state index is 13.5. The molecule has 5 rings (SSSR count). The molecular weight excluding hydrogens is 593 g/mol. The first-order valence-corrected chi connectivity index (χ1v) is 15.9. The Labute approximate surface area is 260 Å². The van der Waals surface area contributed by atoms with Gasteiger partial charge < -0.3 is 25.5 Å². The standard InChI is InChI=1S/C30H43F3N8O4/c1-4-18(3)7-6-8-20(36-27(42)23-9-12-35-40(23)5-2)22-17-41-29(37-22)38-26(19-10-13-44-14-11-19)21(39-41)15-24-28(43)34-16-25(45-24)30(31,32)33/h9,12,17-21,24-25,39H,4-8,10-11,13-16H2,1-3H3,(H,34,43)(H,36,42). The van der Waals surface area contributed by atoms with Crippen molar-refractivity contribution in [2.45, 2.75) is 103 Å². The number of carbonyl (C=O) groups is 2. The third-order valence-electron chi connectivity index (χ3n) is 8.92. The van der Waals surface area contributed by atoms with Crippen LogP contribution in [-0.4, -0.2) is 81.2 Å². The molecule has 248 valence electrons. The number of imidazole rings is 1. The summed E-state index contributed by atoms with van der Waals surface area (Å²) in [4.78, 5) is 35.7. The number of alkyl halides is 3. The minimum absolute atomic E-state index is 0.00410. The quantitative estimate of drug-likeness (QED) is 0.320. The normalized spacial score (nSPS) is 23.8. The number of carbonyl (C=O) groups excluding carboxylic acids is 2. The second-order valence-corrected chi connectivity index (χ2v) is 12.1. The van der Waals surface area contributed by atoms with Gasteiger partial charge in [-0.25, -0.2) is 14.7 Å². The molecule has 3 aliphatic rings. The smallest absolute Gasteiger partial charge is 0.381 e. The van der Waals surface area contributed by atoms with Crippen LogP contribution in [0.1, 0.15) is 87.9 Å². The minimum atomic E-state index is -4.60. The van der Waals surface area contributed by atoms with Crippen molar-refractivity contribution in [1.29, 1.82) is 0 Å². The minimum Gasteiger partial charge on any atom is -0.381 e. The van der Waals surface area contributed by atoms with E-state index in [0.717, 1.165) is 19.3 Å². The molecule has 0 bridgehead atoms. The zero-order valence-electron chi connectivity index (χ0n) is 26.0. The van der Waals surface area contributed by atoms with Crippen molar-refractivity contribution in [2.75, 3.05) is 25.2 Å². The second-order valence-electron chi connectivity index (χ2n) is 12.1. The van der Waals surface area contributed by atoms with E-state index in [1.54, 1.807) is 27.8 Å². The largest absolute Gasteiger partial charge is 0.416 e. The van der Waals surface area contributed by atoms with Crippen LogP contribution in [-0.2, 0) is 20.8 Å². The number of nitrogens with one attached hydrogen (secondary N) is 3. The van der Waals surface area contributed by atoms with Crippen LogP contribution in [0.5, 0.6) is 0 Å². The molecule has 3 N–H and O–H groups in total. The lowest BCUT2D eigenvalue weighted by Gasteiger charge is -2.36. The molecule has 5 atom stereocenters. The zero-order valence-corrected chi connectivity index (χ0v) is 26.0. The highest BCUT2D eigenvalue weighted by molar-refractivity contribution is 5.96. The van der Waals surface area contributed by atoms with E-state index < -0.39 is 42.9 Å². The van der Waals surface area contributed by atoms with E-state index in [-0.39, 0.29) is 18.2 Å². The Morgan fingerprint density at radius 1 is 1.22 bits per heavy atom. The van der Waals surface area contributed by atoms with Gasteiger partial charge in [-0.2, -0.15) is 18.3 Å². The van der Waals surface area contributed by atoms with Crippen molar-refractivity contribution in [1.82, 2.24) is 30.1 Å². The highest BCUT2D eigenvalue weighted by Gasteiger charge is 2.47. The van der Waals surface area contributed by atoms with Gasteiger partial charge in [0.2, 0.25) is 11.9 Å².